The van der Waals surface area contributed by atoms with E-state index in [1.807, 2.05) is 13.1 Å². The Morgan fingerprint density at radius 2 is 1.89 bits per heavy atom. The Morgan fingerprint density at radius 1 is 1.17 bits per heavy atom. The van der Waals surface area contributed by atoms with Gasteiger partial charge in [0.05, 0.1) is 6.20 Å². The minimum atomic E-state index is 0.554. The van der Waals surface area contributed by atoms with E-state index in [9.17, 15) is 0 Å². The van der Waals surface area contributed by atoms with E-state index < -0.39 is 0 Å². The minimum Gasteiger partial charge on any atom is -0.487 e. The molecule has 0 bridgehead atoms. The molecule has 18 heavy (non-hydrogen) atoms. The molecule has 94 valence electrons. The van der Waals surface area contributed by atoms with Crippen molar-refractivity contribution in [3.05, 3.63) is 58.3 Å². The predicted octanol–water partition coefficient (Wildman–Crippen LogP) is 3.14. The Hall–Kier alpha value is -1.39. The maximum atomic E-state index is 5.66. The lowest BCUT2D eigenvalue weighted by Crippen LogP contribution is -2.05. The average molecular weight is 307 g/mol. The zero-order valence-corrected chi connectivity index (χ0v) is 11.8. The van der Waals surface area contributed by atoms with E-state index in [1.54, 1.807) is 12.4 Å². The smallest absolute Gasteiger partial charge is 0.139 e. The Balaban J connectivity index is 1.93. The molecule has 1 N–H and O–H groups in total. The molecule has 0 aliphatic rings. The lowest BCUT2D eigenvalue weighted by Gasteiger charge is -2.07. The van der Waals surface area contributed by atoms with Gasteiger partial charge in [0.1, 0.15) is 12.4 Å². The van der Waals surface area contributed by atoms with Crippen LogP contribution in [0.2, 0.25) is 0 Å². The van der Waals surface area contributed by atoms with Crippen LogP contribution in [0.5, 0.6) is 5.75 Å². The lowest BCUT2D eigenvalue weighted by atomic mass is 10.1. The van der Waals surface area contributed by atoms with Crippen molar-refractivity contribution in [2.24, 2.45) is 0 Å². The highest BCUT2D eigenvalue weighted by Crippen LogP contribution is 2.17. The number of hydrogen-bond donors (Lipinski definition) is 1. The topological polar surface area (TPSA) is 34.1 Å². The molecule has 4 heteroatoms. The molecule has 0 fully saturated rings. The largest absolute Gasteiger partial charge is 0.487 e. The lowest BCUT2D eigenvalue weighted by molar-refractivity contribution is 0.304. The number of ether oxygens (including phenoxy) is 1. The summed E-state index contributed by atoms with van der Waals surface area (Å²) >= 11 is 3.37. The molecule has 0 atom stereocenters. The number of nitrogens with one attached hydrogen (secondary N) is 1. The van der Waals surface area contributed by atoms with Crippen LogP contribution in [0.3, 0.4) is 0 Å². The van der Waals surface area contributed by atoms with Crippen molar-refractivity contribution in [1.82, 2.24) is 10.3 Å². The fourth-order valence-corrected chi connectivity index (χ4v) is 1.94. The maximum absolute atomic E-state index is 5.66. The second kappa shape index (κ2) is 6.52. The molecule has 0 saturated heterocycles. The van der Waals surface area contributed by atoms with Crippen molar-refractivity contribution in [3.8, 4) is 5.75 Å². The Morgan fingerprint density at radius 3 is 2.56 bits per heavy atom. The third kappa shape index (κ3) is 3.82. The Kier molecular flexibility index (Phi) is 4.73. The van der Waals surface area contributed by atoms with Crippen LogP contribution in [-0.2, 0) is 13.2 Å². The molecule has 1 aromatic carbocycles. The van der Waals surface area contributed by atoms with Gasteiger partial charge in [-0.15, -0.1) is 0 Å². The van der Waals surface area contributed by atoms with Crippen LogP contribution in [0.25, 0.3) is 0 Å². The fourth-order valence-electron chi connectivity index (χ4n) is 1.60. The number of benzene rings is 1. The van der Waals surface area contributed by atoms with Crippen LogP contribution in [-0.4, -0.2) is 12.0 Å². The van der Waals surface area contributed by atoms with Crippen molar-refractivity contribution in [2.75, 3.05) is 7.05 Å². The minimum absolute atomic E-state index is 0.554. The van der Waals surface area contributed by atoms with E-state index in [0.29, 0.717) is 6.61 Å². The first-order valence-corrected chi connectivity index (χ1v) is 6.53. The summed E-state index contributed by atoms with van der Waals surface area (Å²) in [6.07, 6.45) is 3.44. The molecule has 1 aromatic heterocycles. The molecule has 0 unspecified atom stereocenters. The van der Waals surface area contributed by atoms with E-state index >= 15 is 0 Å². The highest BCUT2D eigenvalue weighted by atomic mass is 79.9. The van der Waals surface area contributed by atoms with Crippen LogP contribution in [0.1, 0.15) is 11.1 Å². The van der Waals surface area contributed by atoms with Crippen LogP contribution in [0.15, 0.2) is 47.2 Å². The molecular formula is C14H15BrN2O. The molecule has 2 aromatic rings. The summed E-state index contributed by atoms with van der Waals surface area (Å²) in [4.78, 5) is 4.05. The second-order valence-electron chi connectivity index (χ2n) is 3.97. The SMILES string of the molecule is CNCc1ccc(COc2cncc(Br)c2)cc1. The third-order valence-electron chi connectivity index (χ3n) is 2.49. The molecule has 0 saturated carbocycles. The molecule has 0 radical (unpaired) electrons. The molecule has 0 amide bonds. The van der Waals surface area contributed by atoms with Crippen LogP contribution >= 0.6 is 15.9 Å². The summed E-state index contributed by atoms with van der Waals surface area (Å²) in [7, 11) is 1.94. The standard InChI is InChI=1S/C14H15BrN2O/c1-16-7-11-2-4-12(5-3-11)10-18-14-6-13(15)8-17-9-14/h2-6,8-9,16H,7,10H2,1H3. The van der Waals surface area contributed by atoms with Gasteiger partial charge < -0.3 is 10.1 Å². The quantitative estimate of drug-likeness (QED) is 0.921. The van der Waals surface area contributed by atoms with Crippen LogP contribution in [0, 0.1) is 0 Å². The Labute approximate surface area is 115 Å². The molecule has 3 nitrogen and oxygen atoms in total. The zero-order chi connectivity index (χ0) is 12.8. The summed E-state index contributed by atoms with van der Waals surface area (Å²) in [6.45, 7) is 1.44. The van der Waals surface area contributed by atoms with E-state index in [0.717, 1.165) is 22.3 Å². The predicted molar refractivity (Wildman–Crippen MR) is 75.5 cm³/mol. The van der Waals surface area contributed by atoms with E-state index in [2.05, 4.69) is 50.5 Å². The van der Waals surface area contributed by atoms with E-state index in [1.165, 1.54) is 5.56 Å². The van der Waals surface area contributed by atoms with Gasteiger partial charge in [-0.3, -0.25) is 4.98 Å². The number of nitrogens with zero attached hydrogens (tertiary/aromatic N) is 1. The summed E-state index contributed by atoms with van der Waals surface area (Å²) < 4.78 is 6.59. The highest BCUT2D eigenvalue weighted by molar-refractivity contribution is 9.10. The summed E-state index contributed by atoms with van der Waals surface area (Å²) in [5.41, 5.74) is 2.42. The summed E-state index contributed by atoms with van der Waals surface area (Å²) in [5, 5.41) is 3.12. The van der Waals surface area contributed by atoms with Crippen LogP contribution in [0.4, 0.5) is 0 Å². The fraction of sp³-hybridized carbons (Fsp3) is 0.214. The molecule has 2 rings (SSSR count). The van der Waals surface area contributed by atoms with Gasteiger partial charge in [0.15, 0.2) is 0 Å². The van der Waals surface area contributed by atoms with Gasteiger partial charge >= 0.3 is 0 Å². The summed E-state index contributed by atoms with van der Waals surface area (Å²) in [5.74, 6) is 0.767. The van der Waals surface area contributed by atoms with Gasteiger partial charge in [-0.05, 0) is 40.2 Å². The number of aromatic nitrogens is 1. The normalized spacial score (nSPS) is 10.3. The van der Waals surface area contributed by atoms with Crippen molar-refractivity contribution in [2.45, 2.75) is 13.2 Å². The highest BCUT2D eigenvalue weighted by Gasteiger charge is 1.98. The van der Waals surface area contributed by atoms with Gasteiger partial charge in [-0.25, -0.2) is 0 Å². The molecule has 1 heterocycles. The van der Waals surface area contributed by atoms with Gasteiger partial charge in [0, 0.05) is 17.2 Å². The van der Waals surface area contributed by atoms with E-state index in [4.69, 9.17) is 4.74 Å². The van der Waals surface area contributed by atoms with Crippen molar-refractivity contribution in [1.29, 1.82) is 0 Å². The zero-order valence-electron chi connectivity index (χ0n) is 10.2. The number of hydrogen-bond acceptors (Lipinski definition) is 3. The first-order chi connectivity index (χ1) is 8.78. The van der Waals surface area contributed by atoms with E-state index in [-0.39, 0.29) is 0 Å². The molecule has 0 spiro atoms. The van der Waals surface area contributed by atoms with Gasteiger partial charge in [0.25, 0.3) is 0 Å². The van der Waals surface area contributed by atoms with Gasteiger partial charge in [0.2, 0.25) is 0 Å². The molecular weight excluding hydrogens is 292 g/mol. The summed E-state index contributed by atoms with van der Waals surface area (Å²) in [6, 6.07) is 10.3. The van der Waals surface area contributed by atoms with Crippen LogP contribution < -0.4 is 10.1 Å². The van der Waals surface area contributed by atoms with Crippen molar-refractivity contribution >= 4 is 15.9 Å². The third-order valence-corrected chi connectivity index (χ3v) is 2.92. The number of rotatable bonds is 5. The number of halogens is 1. The second-order valence-corrected chi connectivity index (χ2v) is 4.89. The first kappa shape index (κ1) is 13.1. The van der Waals surface area contributed by atoms with Gasteiger partial charge in [-0.2, -0.15) is 0 Å². The van der Waals surface area contributed by atoms with Crippen molar-refractivity contribution < 1.29 is 4.74 Å². The maximum Gasteiger partial charge on any atom is 0.139 e. The molecule has 0 aliphatic carbocycles. The van der Waals surface area contributed by atoms with Gasteiger partial charge in [-0.1, -0.05) is 24.3 Å². The van der Waals surface area contributed by atoms with Crippen molar-refractivity contribution in [3.63, 3.8) is 0 Å². The molecule has 0 aliphatic heterocycles. The Bertz CT molecular complexity index is 499. The monoisotopic (exact) mass is 306 g/mol. The first-order valence-electron chi connectivity index (χ1n) is 5.73. The average Bonchev–Trinajstić information content (AvgIpc) is 2.38. The number of pyridine rings is 1.